The third kappa shape index (κ3) is 3.17. The van der Waals surface area contributed by atoms with E-state index in [0.717, 1.165) is 4.57 Å². The molecule has 0 aliphatic carbocycles. The van der Waals surface area contributed by atoms with Crippen LogP contribution in [0.4, 0.5) is 0 Å². The van der Waals surface area contributed by atoms with Crippen LogP contribution >= 0.6 is 0 Å². The number of amides is 1. The van der Waals surface area contributed by atoms with Crippen molar-refractivity contribution in [1.29, 1.82) is 0 Å². The number of hydrogen-bond donors (Lipinski definition) is 1. The van der Waals surface area contributed by atoms with Gasteiger partial charge >= 0.3 is 5.69 Å². The number of carbonyl (C=O) groups excluding carboxylic acids is 1. The van der Waals surface area contributed by atoms with E-state index in [2.05, 4.69) is 10.3 Å². The molecular weight excluding hydrogens is 312 g/mol. The minimum atomic E-state index is -0.602. The van der Waals surface area contributed by atoms with Crippen LogP contribution in [0.25, 0.3) is 11.0 Å². The highest BCUT2D eigenvalue weighted by Gasteiger charge is 2.20. The Bertz CT molecular complexity index is 919. The van der Waals surface area contributed by atoms with Crippen molar-refractivity contribution in [2.45, 2.75) is 39.8 Å². The summed E-state index contributed by atoms with van der Waals surface area (Å²) in [6.07, 6.45) is 1.54. The lowest BCUT2D eigenvalue weighted by atomic mass is 10.1. The average Bonchev–Trinajstić information content (AvgIpc) is 2.47. The van der Waals surface area contributed by atoms with E-state index in [0.29, 0.717) is 11.3 Å². The lowest BCUT2D eigenvalue weighted by Gasteiger charge is -2.21. The number of pyridine rings is 1. The third-order valence-electron chi connectivity index (χ3n) is 3.50. The van der Waals surface area contributed by atoms with Gasteiger partial charge < -0.3 is 10.1 Å². The summed E-state index contributed by atoms with van der Waals surface area (Å²) < 4.78 is 7.44. The van der Waals surface area contributed by atoms with Crippen molar-refractivity contribution in [2.24, 2.45) is 7.05 Å². The zero-order valence-corrected chi connectivity index (χ0v) is 14.8. The first kappa shape index (κ1) is 17.7. The zero-order valence-electron chi connectivity index (χ0n) is 14.8. The van der Waals surface area contributed by atoms with Crippen molar-refractivity contribution >= 4 is 16.9 Å². The number of nitrogens with zero attached hydrogens (tertiary/aromatic N) is 3. The van der Waals surface area contributed by atoms with Gasteiger partial charge in [0.1, 0.15) is 17.7 Å². The van der Waals surface area contributed by atoms with Gasteiger partial charge in [0, 0.05) is 24.3 Å². The Morgan fingerprint density at radius 3 is 2.50 bits per heavy atom. The van der Waals surface area contributed by atoms with Gasteiger partial charge in [0.05, 0.1) is 7.11 Å². The van der Waals surface area contributed by atoms with Gasteiger partial charge in [0.2, 0.25) is 5.91 Å². The minimum Gasteiger partial charge on any atom is -0.495 e. The van der Waals surface area contributed by atoms with E-state index in [9.17, 15) is 14.4 Å². The van der Waals surface area contributed by atoms with Crippen LogP contribution in [-0.2, 0) is 18.4 Å². The molecule has 8 heteroatoms. The molecule has 0 aromatic carbocycles. The van der Waals surface area contributed by atoms with Gasteiger partial charge in [0.15, 0.2) is 5.65 Å². The fraction of sp³-hybridized carbons (Fsp3) is 0.500. The Labute approximate surface area is 139 Å². The van der Waals surface area contributed by atoms with Crippen LogP contribution < -0.4 is 21.3 Å². The Morgan fingerprint density at radius 1 is 1.33 bits per heavy atom. The highest BCUT2D eigenvalue weighted by Crippen LogP contribution is 2.23. The van der Waals surface area contributed by atoms with E-state index in [1.54, 1.807) is 6.92 Å². The van der Waals surface area contributed by atoms with Crippen molar-refractivity contribution in [3.8, 4) is 5.75 Å². The standard InChI is InChI=1S/C16H22N4O4/c1-9-7-17-13-11(12(9)24-6)14(22)20(15(23)19(13)5)8-10(21)18-16(2,3)4/h7H,8H2,1-6H3,(H,18,21). The highest BCUT2D eigenvalue weighted by atomic mass is 16.5. The molecule has 1 N–H and O–H groups in total. The predicted octanol–water partition coefficient (Wildman–Crippen LogP) is 0.327. The van der Waals surface area contributed by atoms with Gasteiger partial charge in [-0.25, -0.2) is 14.3 Å². The van der Waals surface area contributed by atoms with E-state index in [4.69, 9.17) is 4.74 Å². The molecule has 2 rings (SSSR count). The molecule has 1 amide bonds. The maximum absolute atomic E-state index is 12.8. The van der Waals surface area contributed by atoms with E-state index >= 15 is 0 Å². The number of aromatic nitrogens is 3. The first-order valence-corrected chi connectivity index (χ1v) is 7.51. The summed E-state index contributed by atoms with van der Waals surface area (Å²) in [5, 5.41) is 2.92. The van der Waals surface area contributed by atoms with Gasteiger partial charge in [-0.3, -0.25) is 14.2 Å². The molecule has 8 nitrogen and oxygen atoms in total. The molecule has 2 aromatic rings. The van der Waals surface area contributed by atoms with Crippen molar-refractivity contribution < 1.29 is 9.53 Å². The van der Waals surface area contributed by atoms with E-state index in [-0.39, 0.29) is 17.6 Å². The van der Waals surface area contributed by atoms with Crippen LogP contribution in [0, 0.1) is 6.92 Å². The van der Waals surface area contributed by atoms with Crippen LogP contribution in [-0.4, -0.2) is 32.7 Å². The molecule has 130 valence electrons. The molecule has 0 unspecified atom stereocenters. The van der Waals surface area contributed by atoms with E-state index in [1.807, 2.05) is 20.8 Å². The topological polar surface area (TPSA) is 95.2 Å². The first-order chi connectivity index (χ1) is 11.1. The second kappa shape index (κ2) is 6.10. The molecule has 0 bridgehead atoms. The molecule has 0 saturated heterocycles. The number of aryl methyl sites for hydroxylation is 2. The maximum Gasteiger partial charge on any atom is 0.332 e. The summed E-state index contributed by atoms with van der Waals surface area (Å²) >= 11 is 0. The molecular formula is C16H22N4O4. The largest absolute Gasteiger partial charge is 0.495 e. The number of nitrogens with one attached hydrogen (secondary N) is 1. The SMILES string of the molecule is COc1c(C)cnc2c1c(=O)n(CC(=O)NC(C)(C)C)c(=O)n2C. The summed E-state index contributed by atoms with van der Waals surface area (Å²) in [4.78, 5) is 41.5. The fourth-order valence-electron chi connectivity index (χ4n) is 2.52. The normalized spacial score (nSPS) is 11.6. The lowest BCUT2D eigenvalue weighted by molar-refractivity contribution is -0.123. The summed E-state index contributed by atoms with van der Waals surface area (Å²) in [5.41, 5.74) is -0.759. The molecule has 0 atom stereocenters. The number of ether oxygens (including phenoxy) is 1. The zero-order chi connectivity index (χ0) is 18.2. The number of methoxy groups -OCH3 is 1. The van der Waals surface area contributed by atoms with Crippen molar-refractivity contribution in [3.05, 3.63) is 32.6 Å². The number of hydrogen-bond acceptors (Lipinski definition) is 5. The second-order valence-electron chi connectivity index (χ2n) is 6.70. The monoisotopic (exact) mass is 334 g/mol. The Morgan fingerprint density at radius 2 is 1.96 bits per heavy atom. The molecule has 0 saturated carbocycles. The predicted molar refractivity (Wildman–Crippen MR) is 90.4 cm³/mol. The fourth-order valence-corrected chi connectivity index (χ4v) is 2.52. The number of carbonyl (C=O) groups is 1. The van der Waals surface area contributed by atoms with Gasteiger partial charge in [-0.1, -0.05) is 0 Å². The van der Waals surface area contributed by atoms with Gasteiger partial charge in [-0.05, 0) is 27.7 Å². The Balaban J connectivity index is 2.70. The quantitative estimate of drug-likeness (QED) is 0.872. The smallest absolute Gasteiger partial charge is 0.332 e. The van der Waals surface area contributed by atoms with Crippen LogP contribution in [0.3, 0.4) is 0 Å². The molecule has 0 spiro atoms. The molecule has 24 heavy (non-hydrogen) atoms. The average molecular weight is 334 g/mol. The highest BCUT2D eigenvalue weighted by molar-refractivity contribution is 5.83. The van der Waals surface area contributed by atoms with Crippen molar-refractivity contribution in [2.75, 3.05) is 7.11 Å². The molecule has 0 aliphatic rings. The summed E-state index contributed by atoms with van der Waals surface area (Å²) in [5.74, 6) is -0.0637. The van der Waals surface area contributed by atoms with Gasteiger partial charge in [0.25, 0.3) is 5.56 Å². The molecule has 0 fully saturated rings. The molecule has 0 radical (unpaired) electrons. The summed E-state index contributed by atoms with van der Waals surface area (Å²) in [7, 11) is 2.95. The van der Waals surface area contributed by atoms with Crippen LogP contribution in [0.5, 0.6) is 5.75 Å². The maximum atomic E-state index is 12.8. The number of fused-ring (bicyclic) bond motifs is 1. The van der Waals surface area contributed by atoms with Gasteiger partial charge in [-0.2, -0.15) is 0 Å². The molecule has 0 aliphatic heterocycles. The van der Waals surface area contributed by atoms with Crippen LogP contribution in [0.2, 0.25) is 0 Å². The van der Waals surface area contributed by atoms with Crippen LogP contribution in [0.1, 0.15) is 26.3 Å². The first-order valence-electron chi connectivity index (χ1n) is 7.51. The van der Waals surface area contributed by atoms with E-state index < -0.39 is 22.7 Å². The Kier molecular flexibility index (Phi) is 4.50. The molecule has 2 heterocycles. The second-order valence-corrected chi connectivity index (χ2v) is 6.70. The molecule has 2 aromatic heterocycles. The van der Waals surface area contributed by atoms with Gasteiger partial charge in [-0.15, -0.1) is 0 Å². The van der Waals surface area contributed by atoms with E-state index in [1.165, 1.54) is 24.9 Å². The third-order valence-corrected chi connectivity index (χ3v) is 3.50. The minimum absolute atomic E-state index is 0.183. The number of rotatable bonds is 3. The van der Waals surface area contributed by atoms with Crippen molar-refractivity contribution in [1.82, 2.24) is 19.4 Å². The summed E-state index contributed by atoms with van der Waals surface area (Å²) in [6.45, 7) is 6.86. The Hall–Kier alpha value is -2.64. The van der Waals surface area contributed by atoms with Crippen molar-refractivity contribution in [3.63, 3.8) is 0 Å². The summed E-state index contributed by atoms with van der Waals surface area (Å²) in [6, 6.07) is 0. The van der Waals surface area contributed by atoms with Crippen LogP contribution in [0.15, 0.2) is 15.8 Å². The lowest BCUT2D eigenvalue weighted by Crippen LogP contribution is -2.47.